The van der Waals surface area contributed by atoms with Crippen molar-refractivity contribution in [1.29, 1.82) is 0 Å². The standard InChI is InChI=1S/C14H21N3O2S/c1-4-9(2)10(3)17-20(18,19)14-8-16-13-7-11(15)5-6-12(13)14/h5-10,16-17H,4,15H2,1-3H3. The summed E-state index contributed by atoms with van der Waals surface area (Å²) in [7, 11) is -3.53. The second kappa shape index (κ2) is 5.46. The van der Waals surface area contributed by atoms with Gasteiger partial charge in [-0.15, -0.1) is 0 Å². The fourth-order valence-corrected chi connectivity index (χ4v) is 3.65. The molecule has 1 heterocycles. The van der Waals surface area contributed by atoms with Gasteiger partial charge in [0.1, 0.15) is 4.90 Å². The van der Waals surface area contributed by atoms with Crippen molar-refractivity contribution in [1.82, 2.24) is 9.71 Å². The lowest BCUT2D eigenvalue weighted by atomic mass is 10.0. The smallest absolute Gasteiger partial charge is 0.242 e. The maximum Gasteiger partial charge on any atom is 0.242 e. The number of aromatic amines is 1. The second-order valence-electron chi connectivity index (χ2n) is 5.25. The fraction of sp³-hybridized carbons (Fsp3) is 0.429. The molecule has 1 aromatic carbocycles. The predicted octanol–water partition coefficient (Wildman–Crippen LogP) is 2.46. The zero-order valence-electron chi connectivity index (χ0n) is 12.0. The number of rotatable bonds is 5. The summed E-state index contributed by atoms with van der Waals surface area (Å²) in [5, 5.41) is 0.656. The minimum Gasteiger partial charge on any atom is -0.399 e. The molecule has 0 saturated carbocycles. The largest absolute Gasteiger partial charge is 0.399 e. The topological polar surface area (TPSA) is 88.0 Å². The van der Waals surface area contributed by atoms with E-state index in [1.165, 1.54) is 6.20 Å². The van der Waals surface area contributed by atoms with Crippen LogP contribution in [0, 0.1) is 5.92 Å². The van der Waals surface area contributed by atoms with E-state index in [2.05, 4.69) is 9.71 Å². The van der Waals surface area contributed by atoms with Crippen molar-refractivity contribution >= 4 is 26.6 Å². The van der Waals surface area contributed by atoms with E-state index in [1.807, 2.05) is 20.8 Å². The Balaban J connectivity index is 2.37. The molecule has 4 N–H and O–H groups in total. The van der Waals surface area contributed by atoms with Crippen molar-refractivity contribution in [2.75, 3.05) is 5.73 Å². The molecule has 0 aliphatic rings. The molecule has 0 spiro atoms. The Morgan fingerprint density at radius 2 is 2.05 bits per heavy atom. The zero-order chi connectivity index (χ0) is 14.9. The Morgan fingerprint density at radius 1 is 1.35 bits per heavy atom. The highest BCUT2D eigenvalue weighted by molar-refractivity contribution is 7.89. The van der Waals surface area contributed by atoms with Crippen molar-refractivity contribution in [3.63, 3.8) is 0 Å². The summed E-state index contributed by atoms with van der Waals surface area (Å²) >= 11 is 0. The van der Waals surface area contributed by atoms with Crippen LogP contribution in [0.4, 0.5) is 5.69 Å². The first kappa shape index (κ1) is 14.9. The molecule has 0 aliphatic carbocycles. The molecule has 0 saturated heterocycles. The quantitative estimate of drug-likeness (QED) is 0.740. The number of hydrogen-bond acceptors (Lipinski definition) is 3. The SMILES string of the molecule is CCC(C)C(C)NS(=O)(=O)c1c[nH]c2cc(N)ccc12. The Bertz CT molecular complexity index is 706. The van der Waals surface area contributed by atoms with Gasteiger partial charge in [0.05, 0.1) is 0 Å². The highest BCUT2D eigenvalue weighted by Gasteiger charge is 2.23. The van der Waals surface area contributed by atoms with E-state index in [1.54, 1.807) is 18.2 Å². The lowest BCUT2D eigenvalue weighted by Gasteiger charge is -2.19. The number of hydrogen-bond donors (Lipinski definition) is 3. The third kappa shape index (κ3) is 2.81. The van der Waals surface area contributed by atoms with Crippen LogP contribution in [0.1, 0.15) is 27.2 Å². The monoisotopic (exact) mass is 295 g/mol. The summed E-state index contributed by atoms with van der Waals surface area (Å²) in [4.78, 5) is 3.22. The molecular weight excluding hydrogens is 274 g/mol. The average Bonchev–Trinajstić information content (AvgIpc) is 2.80. The molecule has 20 heavy (non-hydrogen) atoms. The zero-order valence-corrected chi connectivity index (χ0v) is 12.8. The number of benzene rings is 1. The molecule has 5 nitrogen and oxygen atoms in total. The molecule has 0 amide bonds. The van der Waals surface area contributed by atoms with Crippen molar-refractivity contribution in [2.45, 2.75) is 38.1 Å². The molecule has 1 aromatic heterocycles. The van der Waals surface area contributed by atoms with Gasteiger partial charge in [-0.2, -0.15) is 0 Å². The van der Waals surface area contributed by atoms with Crippen LogP contribution in [0.25, 0.3) is 10.9 Å². The van der Waals surface area contributed by atoms with Gasteiger partial charge >= 0.3 is 0 Å². The minimum absolute atomic E-state index is 0.108. The van der Waals surface area contributed by atoms with Crippen LogP contribution in [-0.2, 0) is 10.0 Å². The molecular formula is C14H21N3O2S. The highest BCUT2D eigenvalue weighted by Crippen LogP contribution is 2.25. The van der Waals surface area contributed by atoms with Crippen LogP contribution in [0.3, 0.4) is 0 Å². The summed E-state index contributed by atoms with van der Waals surface area (Å²) in [5.41, 5.74) is 7.02. The average molecular weight is 295 g/mol. The molecule has 0 bridgehead atoms. The number of anilines is 1. The normalized spacial score (nSPS) is 15.3. The lowest BCUT2D eigenvalue weighted by molar-refractivity contribution is 0.434. The molecule has 2 atom stereocenters. The lowest BCUT2D eigenvalue weighted by Crippen LogP contribution is -2.36. The van der Waals surface area contributed by atoms with E-state index in [0.717, 1.165) is 11.9 Å². The van der Waals surface area contributed by atoms with Gasteiger partial charge in [-0.25, -0.2) is 13.1 Å². The van der Waals surface area contributed by atoms with E-state index >= 15 is 0 Å². The Labute approximate surface area is 119 Å². The molecule has 0 aliphatic heterocycles. The first-order chi connectivity index (χ1) is 9.35. The van der Waals surface area contributed by atoms with E-state index in [4.69, 9.17) is 5.73 Å². The first-order valence-corrected chi connectivity index (χ1v) is 8.22. The van der Waals surface area contributed by atoms with Gasteiger partial charge in [0.2, 0.25) is 10.0 Å². The molecule has 110 valence electrons. The van der Waals surface area contributed by atoms with Gasteiger partial charge in [-0.3, -0.25) is 0 Å². The van der Waals surface area contributed by atoms with Gasteiger partial charge in [-0.1, -0.05) is 20.3 Å². The van der Waals surface area contributed by atoms with Crippen molar-refractivity contribution in [3.05, 3.63) is 24.4 Å². The summed E-state index contributed by atoms with van der Waals surface area (Å²) < 4.78 is 27.7. The second-order valence-corrected chi connectivity index (χ2v) is 6.94. The van der Waals surface area contributed by atoms with Crippen LogP contribution >= 0.6 is 0 Å². The van der Waals surface area contributed by atoms with E-state index in [0.29, 0.717) is 11.1 Å². The van der Waals surface area contributed by atoms with E-state index in [9.17, 15) is 8.42 Å². The van der Waals surface area contributed by atoms with Crippen LogP contribution < -0.4 is 10.5 Å². The van der Waals surface area contributed by atoms with Gasteiger partial charge in [0, 0.05) is 28.8 Å². The number of nitrogens with two attached hydrogens (primary N) is 1. The van der Waals surface area contributed by atoms with Crippen LogP contribution in [0.5, 0.6) is 0 Å². The fourth-order valence-electron chi connectivity index (χ4n) is 2.12. The molecule has 6 heteroatoms. The first-order valence-electron chi connectivity index (χ1n) is 6.74. The Kier molecular flexibility index (Phi) is 4.06. The molecule has 2 aromatic rings. The number of aromatic nitrogens is 1. The predicted molar refractivity (Wildman–Crippen MR) is 81.9 cm³/mol. The molecule has 0 radical (unpaired) electrons. The third-order valence-electron chi connectivity index (χ3n) is 3.80. The maximum absolute atomic E-state index is 12.5. The van der Waals surface area contributed by atoms with Crippen LogP contribution in [0.2, 0.25) is 0 Å². The highest BCUT2D eigenvalue weighted by atomic mass is 32.2. The molecule has 2 unspecified atom stereocenters. The van der Waals surface area contributed by atoms with Gasteiger partial charge in [-0.05, 0) is 31.0 Å². The molecule has 0 fully saturated rings. The Hall–Kier alpha value is -1.53. The Morgan fingerprint density at radius 3 is 2.70 bits per heavy atom. The number of H-pyrrole nitrogens is 1. The summed E-state index contributed by atoms with van der Waals surface area (Å²) in [6.45, 7) is 5.96. The summed E-state index contributed by atoms with van der Waals surface area (Å²) in [5.74, 6) is 0.283. The number of fused-ring (bicyclic) bond motifs is 1. The number of sulfonamides is 1. The number of nitrogen functional groups attached to an aromatic ring is 1. The van der Waals surface area contributed by atoms with Crippen LogP contribution in [0.15, 0.2) is 29.3 Å². The van der Waals surface area contributed by atoms with Crippen LogP contribution in [-0.4, -0.2) is 19.4 Å². The minimum atomic E-state index is -3.53. The summed E-state index contributed by atoms with van der Waals surface area (Å²) in [6.07, 6.45) is 2.43. The van der Waals surface area contributed by atoms with Gasteiger partial charge in [0.25, 0.3) is 0 Å². The van der Waals surface area contributed by atoms with Crippen molar-refractivity contribution in [2.24, 2.45) is 5.92 Å². The maximum atomic E-state index is 12.5. The van der Waals surface area contributed by atoms with Crippen molar-refractivity contribution < 1.29 is 8.42 Å². The van der Waals surface area contributed by atoms with Gasteiger partial charge < -0.3 is 10.7 Å². The summed E-state index contributed by atoms with van der Waals surface area (Å²) in [6, 6.07) is 5.05. The van der Waals surface area contributed by atoms with Gasteiger partial charge in [0.15, 0.2) is 0 Å². The number of nitrogens with one attached hydrogen (secondary N) is 2. The van der Waals surface area contributed by atoms with E-state index in [-0.39, 0.29) is 16.9 Å². The third-order valence-corrected chi connectivity index (χ3v) is 5.39. The molecule has 2 rings (SSSR count). The van der Waals surface area contributed by atoms with E-state index < -0.39 is 10.0 Å². The van der Waals surface area contributed by atoms with Crippen molar-refractivity contribution in [3.8, 4) is 0 Å².